The molecule has 0 spiro atoms. The maximum absolute atomic E-state index is 12.2. The molecule has 2 aromatic heterocycles. The molecule has 7 nitrogen and oxygen atoms in total. The van der Waals surface area contributed by atoms with E-state index in [-0.39, 0.29) is 12.1 Å². The van der Waals surface area contributed by atoms with Gasteiger partial charge < -0.3 is 14.2 Å². The number of pyridine rings is 1. The first-order valence-corrected chi connectivity index (χ1v) is 8.23. The van der Waals surface area contributed by atoms with Crippen LogP contribution in [0.3, 0.4) is 0 Å². The van der Waals surface area contributed by atoms with Crippen molar-refractivity contribution in [3.8, 4) is 17.5 Å². The lowest BCUT2D eigenvalue weighted by Gasteiger charge is -2.24. The zero-order valence-corrected chi connectivity index (χ0v) is 14.6. The van der Waals surface area contributed by atoms with Gasteiger partial charge in [0, 0.05) is 25.5 Å². The van der Waals surface area contributed by atoms with E-state index in [9.17, 15) is 4.79 Å². The van der Waals surface area contributed by atoms with Crippen LogP contribution in [0.5, 0.6) is 0 Å². The molecule has 1 unspecified atom stereocenters. The van der Waals surface area contributed by atoms with Crippen LogP contribution in [0.4, 0.5) is 4.79 Å². The summed E-state index contributed by atoms with van der Waals surface area (Å²) in [4.78, 5) is 22.6. The number of nitriles is 1. The first-order chi connectivity index (χ1) is 11.9. The Bertz CT molecular complexity index is 815. The zero-order valence-electron chi connectivity index (χ0n) is 14.6. The molecule has 0 saturated carbocycles. The van der Waals surface area contributed by atoms with E-state index in [0.29, 0.717) is 30.0 Å². The lowest BCUT2D eigenvalue weighted by atomic mass is 10.2. The largest absolute Gasteiger partial charge is 0.444 e. The Kier molecular flexibility index (Phi) is 4.45. The monoisotopic (exact) mass is 339 g/mol. The van der Waals surface area contributed by atoms with Crippen LogP contribution >= 0.6 is 0 Å². The molecule has 7 heteroatoms. The first-order valence-electron chi connectivity index (χ1n) is 8.23. The molecule has 0 radical (unpaired) electrons. The van der Waals surface area contributed by atoms with E-state index in [4.69, 9.17) is 10.00 Å². The quantitative estimate of drug-likeness (QED) is 0.840. The standard InChI is InChI=1S/C18H21N5O2/c1-18(2,3)25-17(24)22-7-5-14(10-22)23-11-16(21-12-23)15-8-13(9-19)4-6-20-15/h4,6,8,11-12,14H,5,7,10H2,1-3H3. The van der Waals surface area contributed by atoms with E-state index in [0.717, 1.165) is 6.42 Å². The average Bonchev–Trinajstić information content (AvgIpc) is 3.22. The van der Waals surface area contributed by atoms with Crippen LogP contribution < -0.4 is 0 Å². The third-order valence-corrected chi connectivity index (χ3v) is 3.99. The fourth-order valence-electron chi connectivity index (χ4n) is 2.79. The van der Waals surface area contributed by atoms with E-state index >= 15 is 0 Å². The summed E-state index contributed by atoms with van der Waals surface area (Å²) in [6.07, 6.45) is 5.83. The van der Waals surface area contributed by atoms with Gasteiger partial charge in [-0.25, -0.2) is 9.78 Å². The van der Waals surface area contributed by atoms with Crippen molar-refractivity contribution in [1.82, 2.24) is 19.4 Å². The van der Waals surface area contributed by atoms with Crippen LogP contribution in [-0.4, -0.2) is 44.2 Å². The molecule has 1 aliphatic heterocycles. The van der Waals surface area contributed by atoms with Crippen LogP contribution in [0.2, 0.25) is 0 Å². The Balaban J connectivity index is 1.69. The molecule has 0 aliphatic carbocycles. The number of hydrogen-bond acceptors (Lipinski definition) is 5. The summed E-state index contributed by atoms with van der Waals surface area (Å²) in [5.41, 5.74) is 1.44. The molecule has 1 fully saturated rings. The van der Waals surface area contributed by atoms with Gasteiger partial charge in [0.15, 0.2) is 0 Å². The molecule has 130 valence electrons. The van der Waals surface area contributed by atoms with E-state index in [1.807, 2.05) is 31.5 Å². The van der Waals surface area contributed by atoms with Crippen molar-refractivity contribution in [2.24, 2.45) is 0 Å². The minimum Gasteiger partial charge on any atom is -0.444 e. The fourth-order valence-corrected chi connectivity index (χ4v) is 2.79. The lowest BCUT2D eigenvalue weighted by molar-refractivity contribution is 0.0289. The molecule has 0 aromatic carbocycles. The number of amides is 1. The highest BCUT2D eigenvalue weighted by atomic mass is 16.6. The maximum atomic E-state index is 12.2. The summed E-state index contributed by atoms with van der Waals surface area (Å²) in [6.45, 7) is 6.85. The van der Waals surface area contributed by atoms with Gasteiger partial charge in [0.05, 0.1) is 29.7 Å². The minimum atomic E-state index is -0.491. The van der Waals surface area contributed by atoms with E-state index in [1.165, 1.54) is 0 Å². The first kappa shape index (κ1) is 17.0. The van der Waals surface area contributed by atoms with Crippen LogP contribution in [0.15, 0.2) is 30.9 Å². The van der Waals surface area contributed by atoms with Gasteiger partial charge in [0.25, 0.3) is 0 Å². The number of likely N-dealkylation sites (tertiary alicyclic amines) is 1. The molecule has 1 saturated heterocycles. The van der Waals surface area contributed by atoms with Crippen LogP contribution in [0.1, 0.15) is 38.8 Å². The van der Waals surface area contributed by atoms with Crippen molar-refractivity contribution in [2.75, 3.05) is 13.1 Å². The van der Waals surface area contributed by atoms with Crippen molar-refractivity contribution < 1.29 is 9.53 Å². The number of carbonyl (C=O) groups excluding carboxylic acids is 1. The highest BCUT2D eigenvalue weighted by Crippen LogP contribution is 2.25. The number of aromatic nitrogens is 3. The summed E-state index contributed by atoms with van der Waals surface area (Å²) in [6, 6.07) is 5.64. The molecule has 1 aliphatic rings. The summed E-state index contributed by atoms with van der Waals surface area (Å²) in [7, 11) is 0. The van der Waals surface area contributed by atoms with Crippen molar-refractivity contribution in [2.45, 2.75) is 38.8 Å². The highest BCUT2D eigenvalue weighted by Gasteiger charge is 2.30. The Labute approximate surface area is 146 Å². The molecular formula is C18H21N5O2. The topological polar surface area (TPSA) is 84.0 Å². The number of rotatable bonds is 2. The van der Waals surface area contributed by atoms with Gasteiger partial charge in [0.2, 0.25) is 0 Å². The molecule has 1 atom stereocenters. The van der Waals surface area contributed by atoms with Crippen LogP contribution in [0, 0.1) is 11.3 Å². The number of hydrogen-bond donors (Lipinski definition) is 0. The second-order valence-corrected chi connectivity index (χ2v) is 7.12. The van der Waals surface area contributed by atoms with Crippen LogP contribution in [-0.2, 0) is 4.74 Å². The van der Waals surface area contributed by atoms with Gasteiger partial charge in [-0.05, 0) is 39.3 Å². The smallest absolute Gasteiger partial charge is 0.410 e. The van der Waals surface area contributed by atoms with E-state index in [2.05, 4.69) is 16.0 Å². The van der Waals surface area contributed by atoms with E-state index in [1.54, 1.807) is 29.6 Å². The molecular weight excluding hydrogens is 318 g/mol. The molecule has 2 aromatic rings. The van der Waals surface area contributed by atoms with Gasteiger partial charge in [-0.2, -0.15) is 5.26 Å². The van der Waals surface area contributed by atoms with Gasteiger partial charge in [-0.15, -0.1) is 0 Å². The highest BCUT2D eigenvalue weighted by molar-refractivity contribution is 5.68. The third kappa shape index (κ3) is 3.97. The van der Waals surface area contributed by atoms with Gasteiger partial charge in [-0.1, -0.05) is 0 Å². The number of imidazole rings is 1. The van der Waals surface area contributed by atoms with Gasteiger partial charge in [0.1, 0.15) is 11.3 Å². The molecule has 3 heterocycles. The minimum absolute atomic E-state index is 0.160. The van der Waals surface area contributed by atoms with Crippen molar-refractivity contribution >= 4 is 6.09 Å². The normalized spacial score (nSPS) is 17.4. The molecule has 0 N–H and O–H groups in total. The fraction of sp³-hybridized carbons (Fsp3) is 0.444. The summed E-state index contributed by atoms with van der Waals surface area (Å²) in [5, 5.41) is 9.00. The summed E-state index contributed by atoms with van der Waals surface area (Å²) < 4.78 is 7.43. The Morgan fingerprint density at radius 1 is 1.36 bits per heavy atom. The number of nitrogens with zero attached hydrogens (tertiary/aromatic N) is 5. The Morgan fingerprint density at radius 3 is 2.88 bits per heavy atom. The predicted octanol–water partition coefficient (Wildman–Crippen LogP) is 3.00. The summed E-state index contributed by atoms with van der Waals surface area (Å²) >= 11 is 0. The molecule has 3 rings (SSSR count). The number of carbonyl (C=O) groups is 1. The van der Waals surface area contributed by atoms with Crippen LogP contribution in [0.25, 0.3) is 11.4 Å². The lowest BCUT2D eigenvalue weighted by Crippen LogP contribution is -2.35. The Morgan fingerprint density at radius 2 is 2.16 bits per heavy atom. The third-order valence-electron chi connectivity index (χ3n) is 3.99. The van der Waals surface area contributed by atoms with Gasteiger partial charge >= 0.3 is 6.09 Å². The van der Waals surface area contributed by atoms with E-state index < -0.39 is 5.60 Å². The SMILES string of the molecule is CC(C)(C)OC(=O)N1CCC(n2cnc(-c3cc(C#N)ccn3)c2)C1. The second-order valence-electron chi connectivity index (χ2n) is 7.12. The molecule has 25 heavy (non-hydrogen) atoms. The second kappa shape index (κ2) is 6.55. The van der Waals surface area contributed by atoms with Crippen molar-refractivity contribution in [3.05, 3.63) is 36.4 Å². The maximum Gasteiger partial charge on any atom is 0.410 e. The van der Waals surface area contributed by atoms with Crippen molar-refractivity contribution in [3.63, 3.8) is 0 Å². The average molecular weight is 339 g/mol. The zero-order chi connectivity index (χ0) is 18.0. The summed E-state index contributed by atoms with van der Waals surface area (Å²) in [5.74, 6) is 0. The predicted molar refractivity (Wildman–Crippen MR) is 91.6 cm³/mol. The molecule has 0 bridgehead atoms. The van der Waals surface area contributed by atoms with Gasteiger partial charge in [-0.3, -0.25) is 4.98 Å². The van der Waals surface area contributed by atoms with Crippen molar-refractivity contribution in [1.29, 1.82) is 5.26 Å². The molecule has 1 amide bonds. The Hall–Kier alpha value is -2.88. The number of ether oxygens (including phenoxy) is 1.